The summed E-state index contributed by atoms with van der Waals surface area (Å²) in [5.74, 6) is 0.341. The lowest BCUT2D eigenvalue weighted by molar-refractivity contribution is 0.0678. The summed E-state index contributed by atoms with van der Waals surface area (Å²) < 4.78 is 31.7. The number of ether oxygens (including phenoxy) is 1. The molecular formula is C11H15ClN2O3S. The summed E-state index contributed by atoms with van der Waals surface area (Å²) in [6.07, 6.45) is 3.04. The summed E-state index contributed by atoms with van der Waals surface area (Å²) in [6, 6.07) is 2.91. The topological polar surface area (TPSA) is 68.3 Å². The average molecular weight is 291 g/mol. The highest BCUT2D eigenvalue weighted by Crippen LogP contribution is 2.15. The van der Waals surface area contributed by atoms with Crippen LogP contribution in [0.4, 0.5) is 0 Å². The first-order chi connectivity index (χ1) is 8.58. The molecule has 5 nitrogen and oxygen atoms in total. The van der Waals surface area contributed by atoms with Crippen LogP contribution < -0.4 is 4.72 Å². The minimum atomic E-state index is -3.49. The maximum absolute atomic E-state index is 12.0. The van der Waals surface area contributed by atoms with E-state index in [9.17, 15) is 8.42 Å². The third-order valence-corrected chi connectivity index (χ3v) is 4.55. The predicted octanol–water partition coefficient (Wildman–Crippen LogP) is 1.44. The highest BCUT2D eigenvalue weighted by atomic mass is 35.5. The van der Waals surface area contributed by atoms with E-state index >= 15 is 0 Å². The first-order valence-electron chi connectivity index (χ1n) is 5.77. The molecule has 1 aliphatic heterocycles. The molecular weight excluding hydrogens is 276 g/mol. The Morgan fingerprint density at radius 1 is 1.39 bits per heavy atom. The quantitative estimate of drug-likeness (QED) is 0.852. The highest BCUT2D eigenvalue weighted by Gasteiger charge is 2.19. The molecule has 0 radical (unpaired) electrons. The summed E-state index contributed by atoms with van der Waals surface area (Å²) in [4.78, 5) is 3.90. The second-order valence-electron chi connectivity index (χ2n) is 4.22. The summed E-state index contributed by atoms with van der Waals surface area (Å²) in [7, 11) is -3.49. The number of aromatic nitrogens is 1. The maximum atomic E-state index is 12.0. The smallest absolute Gasteiger partial charge is 0.242 e. The van der Waals surface area contributed by atoms with Crippen molar-refractivity contribution in [1.82, 2.24) is 9.71 Å². The van der Waals surface area contributed by atoms with Gasteiger partial charge in [-0.3, -0.25) is 0 Å². The van der Waals surface area contributed by atoms with Crippen LogP contribution in [0.3, 0.4) is 0 Å². The molecule has 1 N–H and O–H groups in total. The molecule has 100 valence electrons. The Hall–Kier alpha value is -0.690. The average Bonchev–Trinajstić information content (AvgIpc) is 2.38. The van der Waals surface area contributed by atoms with Crippen molar-refractivity contribution in [3.8, 4) is 0 Å². The van der Waals surface area contributed by atoms with Crippen molar-refractivity contribution in [3.63, 3.8) is 0 Å². The minimum Gasteiger partial charge on any atom is -0.381 e. The third kappa shape index (κ3) is 3.65. The Labute approximate surface area is 112 Å². The molecule has 2 rings (SSSR count). The molecule has 0 bridgehead atoms. The van der Waals surface area contributed by atoms with Crippen LogP contribution in [0.25, 0.3) is 0 Å². The number of nitrogens with zero attached hydrogens (tertiary/aromatic N) is 1. The van der Waals surface area contributed by atoms with Gasteiger partial charge in [0, 0.05) is 26.0 Å². The molecule has 0 saturated carbocycles. The van der Waals surface area contributed by atoms with E-state index < -0.39 is 10.0 Å². The number of hydrogen-bond acceptors (Lipinski definition) is 4. The largest absolute Gasteiger partial charge is 0.381 e. The van der Waals surface area contributed by atoms with Gasteiger partial charge in [0.25, 0.3) is 0 Å². The number of sulfonamides is 1. The standard InChI is InChI=1S/C11H15ClN2O3S/c12-11-2-1-10(8-13-11)18(15,16)14-7-9-3-5-17-6-4-9/h1-2,8-9,14H,3-7H2. The zero-order chi connectivity index (χ0) is 13.0. The molecule has 18 heavy (non-hydrogen) atoms. The molecule has 1 saturated heterocycles. The zero-order valence-electron chi connectivity index (χ0n) is 9.80. The monoisotopic (exact) mass is 290 g/mol. The fraction of sp³-hybridized carbons (Fsp3) is 0.545. The van der Waals surface area contributed by atoms with Crippen LogP contribution in [0.15, 0.2) is 23.2 Å². The number of nitrogens with one attached hydrogen (secondary N) is 1. The Morgan fingerprint density at radius 2 is 2.11 bits per heavy atom. The van der Waals surface area contributed by atoms with Crippen LogP contribution in [0, 0.1) is 5.92 Å². The molecule has 0 aromatic carbocycles. The van der Waals surface area contributed by atoms with Gasteiger partial charge in [-0.05, 0) is 30.9 Å². The zero-order valence-corrected chi connectivity index (χ0v) is 11.4. The van der Waals surface area contributed by atoms with Gasteiger partial charge in [-0.25, -0.2) is 18.1 Å². The first kappa shape index (κ1) is 13.7. The second-order valence-corrected chi connectivity index (χ2v) is 6.38. The van der Waals surface area contributed by atoms with Gasteiger partial charge in [0.2, 0.25) is 10.0 Å². The summed E-state index contributed by atoms with van der Waals surface area (Å²) in [5.41, 5.74) is 0. The Kier molecular flexibility index (Phi) is 4.55. The fourth-order valence-electron chi connectivity index (χ4n) is 1.78. The normalized spacial score (nSPS) is 17.8. The van der Waals surface area contributed by atoms with Crippen LogP contribution in [0.5, 0.6) is 0 Å². The van der Waals surface area contributed by atoms with Crippen molar-refractivity contribution in [3.05, 3.63) is 23.5 Å². The van der Waals surface area contributed by atoms with Crippen molar-refractivity contribution in [2.75, 3.05) is 19.8 Å². The third-order valence-electron chi connectivity index (χ3n) is 2.91. The Balaban J connectivity index is 1.96. The van der Waals surface area contributed by atoms with Gasteiger partial charge in [0.05, 0.1) is 0 Å². The maximum Gasteiger partial charge on any atom is 0.242 e. The molecule has 0 aliphatic carbocycles. The van der Waals surface area contributed by atoms with Crippen LogP contribution in [-0.4, -0.2) is 33.2 Å². The molecule has 1 aromatic rings. The van der Waals surface area contributed by atoms with Gasteiger partial charge >= 0.3 is 0 Å². The fourth-order valence-corrected chi connectivity index (χ4v) is 2.95. The van der Waals surface area contributed by atoms with E-state index in [0.29, 0.717) is 25.7 Å². The highest BCUT2D eigenvalue weighted by molar-refractivity contribution is 7.89. The van der Waals surface area contributed by atoms with Gasteiger partial charge in [-0.1, -0.05) is 11.6 Å². The molecule has 1 fully saturated rings. The first-order valence-corrected chi connectivity index (χ1v) is 7.63. The Bertz CT molecular complexity index is 484. The van der Waals surface area contributed by atoms with Crippen LogP contribution in [0.1, 0.15) is 12.8 Å². The lowest BCUT2D eigenvalue weighted by atomic mass is 10.0. The summed E-state index contributed by atoms with van der Waals surface area (Å²) >= 11 is 5.62. The van der Waals surface area contributed by atoms with Crippen LogP contribution in [0.2, 0.25) is 5.15 Å². The van der Waals surface area contributed by atoms with Gasteiger partial charge in [0.1, 0.15) is 10.0 Å². The minimum absolute atomic E-state index is 0.138. The molecule has 0 unspecified atom stereocenters. The number of halogens is 1. The lowest BCUT2D eigenvalue weighted by Gasteiger charge is -2.22. The van der Waals surface area contributed by atoms with Crippen molar-refractivity contribution < 1.29 is 13.2 Å². The molecule has 1 aliphatic rings. The van der Waals surface area contributed by atoms with Crippen molar-refractivity contribution in [2.45, 2.75) is 17.7 Å². The SMILES string of the molecule is O=S(=O)(NCC1CCOCC1)c1ccc(Cl)nc1. The van der Waals surface area contributed by atoms with Gasteiger partial charge in [0.15, 0.2) is 0 Å². The van der Waals surface area contributed by atoms with Crippen LogP contribution >= 0.6 is 11.6 Å². The van der Waals surface area contributed by atoms with E-state index in [1.54, 1.807) is 0 Å². The predicted molar refractivity (Wildman–Crippen MR) is 68.0 cm³/mol. The van der Waals surface area contributed by atoms with E-state index in [2.05, 4.69) is 9.71 Å². The molecule has 2 heterocycles. The van der Waals surface area contributed by atoms with Crippen molar-refractivity contribution in [1.29, 1.82) is 0 Å². The van der Waals surface area contributed by atoms with E-state index in [1.807, 2.05) is 0 Å². The number of rotatable bonds is 4. The molecule has 0 atom stereocenters. The number of hydrogen-bond donors (Lipinski definition) is 1. The van der Waals surface area contributed by atoms with E-state index in [-0.39, 0.29) is 10.0 Å². The number of pyridine rings is 1. The molecule has 1 aromatic heterocycles. The molecule has 0 amide bonds. The van der Waals surface area contributed by atoms with E-state index in [0.717, 1.165) is 12.8 Å². The van der Waals surface area contributed by atoms with Crippen molar-refractivity contribution >= 4 is 21.6 Å². The van der Waals surface area contributed by atoms with Gasteiger partial charge < -0.3 is 4.74 Å². The van der Waals surface area contributed by atoms with Crippen molar-refractivity contribution in [2.24, 2.45) is 5.92 Å². The van der Waals surface area contributed by atoms with E-state index in [1.165, 1.54) is 18.3 Å². The molecule has 7 heteroatoms. The van der Waals surface area contributed by atoms with E-state index in [4.69, 9.17) is 16.3 Å². The van der Waals surface area contributed by atoms with Gasteiger partial charge in [-0.2, -0.15) is 0 Å². The lowest BCUT2D eigenvalue weighted by Crippen LogP contribution is -2.32. The Morgan fingerprint density at radius 3 is 2.72 bits per heavy atom. The second kappa shape index (κ2) is 5.97. The summed E-state index contributed by atoms with van der Waals surface area (Å²) in [5, 5.41) is 0.276. The molecule has 0 spiro atoms. The summed E-state index contributed by atoms with van der Waals surface area (Å²) in [6.45, 7) is 1.85. The van der Waals surface area contributed by atoms with Gasteiger partial charge in [-0.15, -0.1) is 0 Å². The van der Waals surface area contributed by atoms with Crippen LogP contribution in [-0.2, 0) is 14.8 Å².